The Balaban J connectivity index is 1.56. The highest BCUT2D eigenvalue weighted by molar-refractivity contribution is 5.96. The van der Waals surface area contributed by atoms with E-state index in [1.54, 1.807) is 11.9 Å². The van der Waals surface area contributed by atoms with Crippen molar-refractivity contribution >= 4 is 17.7 Å². The number of carbonyl (C=O) groups is 2. The molecular weight excluding hydrogens is 372 g/mol. The van der Waals surface area contributed by atoms with Gasteiger partial charge in [0.1, 0.15) is 11.1 Å². The smallest absolute Gasteiger partial charge is 0.408 e. The largest absolute Gasteiger partial charge is 0.444 e. The van der Waals surface area contributed by atoms with Crippen LogP contribution in [0.3, 0.4) is 0 Å². The summed E-state index contributed by atoms with van der Waals surface area (Å²) >= 11 is 0. The van der Waals surface area contributed by atoms with E-state index in [9.17, 15) is 9.59 Å². The summed E-state index contributed by atoms with van der Waals surface area (Å²) in [4.78, 5) is 30.4. The first-order valence-electron chi connectivity index (χ1n) is 9.92. The zero-order chi connectivity index (χ0) is 20.8. The molecule has 1 aromatic heterocycles. The van der Waals surface area contributed by atoms with Gasteiger partial charge in [0.2, 0.25) is 5.91 Å². The SMILES string of the molecule is CN1C(=O)CCc2cc(-c3nc(C4(NC(=O)OC(C)(C)C)CCC4)no3)ccc21. The van der Waals surface area contributed by atoms with Gasteiger partial charge in [-0.3, -0.25) is 4.79 Å². The third-order valence-electron chi connectivity index (χ3n) is 5.47. The molecule has 29 heavy (non-hydrogen) atoms. The summed E-state index contributed by atoms with van der Waals surface area (Å²) in [6.07, 6.45) is 3.15. The average molecular weight is 398 g/mol. The zero-order valence-electron chi connectivity index (χ0n) is 17.2. The second-order valence-corrected chi connectivity index (χ2v) is 8.78. The zero-order valence-corrected chi connectivity index (χ0v) is 17.2. The van der Waals surface area contributed by atoms with E-state index in [2.05, 4.69) is 15.5 Å². The van der Waals surface area contributed by atoms with Gasteiger partial charge >= 0.3 is 6.09 Å². The Labute approximate surface area is 169 Å². The van der Waals surface area contributed by atoms with Gasteiger partial charge in [-0.25, -0.2) is 4.79 Å². The van der Waals surface area contributed by atoms with Crippen molar-refractivity contribution in [3.05, 3.63) is 29.6 Å². The molecule has 8 nitrogen and oxygen atoms in total. The third kappa shape index (κ3) is 3.71. The van der Waals surface area contributed by atoms with Gasteiger partial charge in [-0.2, -0.15) is 4.98 Å². The number of amides is 2. The standard InChI is InChI=1S/C21H26N4O4/c1-20(2,3)28-19(27)23-21(10-5-11-21)18-22-17(29-24-18)14-6-8-15-13(12-14)7-9-16(26)25(15)4/h6,8,12H,5,7,9-11H2,1-4H3,(H,23,27). The predicted molar refractivity (Wildman–Crippen MR) is 106 cm³/mol. The molecule has 8 heteroatoms. The number of nitrogens with zero attached hydrogens (tertiary/aromatic N) is 3. The number of alkyl carbamates (subject to hydrolysis) is 1. The van der Waals surface area contributed by atoms with Crippen LogP contribution in [0.15, 0.2) is 22.7 Å². The molecule has 154 valence electrons. The van der Waals surface area contributed by atoms with Crippen molar-refractivity contribution in [1.82, 2.24) is 15.5 Å². The van der Waals surface area contributed by atoms with E-state index >= 15 is 0 Å². The molecule has 0 saturated heterocycles. The summed E-state index contributed by atoms with van der Waals surface area (Å²) in [7, 11) is 1.79. The molecule has 1 aliphatic heterocycles. The van der Waals surface area contributed by atoms with Crippen LogP contribution in [0.5, 0.6) is 0 Å². The molecule has 1 aliphatic carbocycles. The van der Waals surface area contributed by atoms with Crippen LogP contribution in [-0.2, 0) is 21.5 Å². The number of hydrogen-bond acceptors (Lipinski definition) is 6. The second-order valence-electron chi connectivity index (χ2n) is 8.78. The maximum absolute atomic E-state index is 12.3. The molecule has 0 spiro atoms. The second kappa shape index (κ2) is 6.86. The number of aromatic nitrogens is 2. The van der Waals surface area contributed by atoms with Crippen molar-refractivity contribution in [1.29, 1.82) is 0 Å². The van der Waals surface area contributed by atoms with Gasteiger partial charge in [0.15, 0.2) is 5.82 Å². The number of rotatable bonds is 3. The number of anilines is 1. The Bertz CT molecular complexity index is 956. The van der Waals surface area contributed by atoms with E-state index in [0.717, 1.165) is 36.1 Å². The first-order valence-corrected chi connectivity index (χ1v) is 9.92. The fraction of sp³-hybridized carbons (Fsp3) is 0.524. The Morgan fingerprint density at radius 1 is 1.28 bits per heavy atom. The number of hydrogen-bond donors (Lipinski definition) is 1. The van der Waals surface area contributed by atoms with Crippen LogP contribution in [0.25, 0.3) is 11.5 Å². The van der Waals surface area contributed by atoms with E-state index in [4.69, 9.17) is 9.26 Å². The molecular formula is C21H26N4O4. The van der Waals surface area contributed by atoms with Gasteiger partial charge in [-0.05, 0) is 70.2 Å². The normalized spacial score (nSPS) is 18.1. The van der Waals surface area contributed by atoms with Crippen molar-refractivity contribution in [2.75, 3.05) is 11.9 Å². The lowest BCUT2D eigenvalue weighted by Crippen LogP contribution is -2.52. The van der Waals surface area contributed by atoms with E-state index < -0.39 is 17.2 Å². The number of nitrogens with one attached hydrogen (secondary N) is 1. The lowest BCUT2D eigenvalue weighted by Gasteiger charge is -2.39. The molecule has 2 heterocycles. The summed E-state index contributed by atoms with van der Waals surface area (Å²) in [6.45, 7) is 5.48. The minimum absolute atomic E-state index is 0.116. The van der Waals surface area contributed by atoms with Crippen molar-refractivity contribution in [2.45, 2.75) is 64.0 Å². The molecule has 1 N–H and O–H groups in total. The first-order chi connectivity index (χ1) is 13.7. The van der Waals surface area contributed by atoms with Gasteiger partial charge in [0, 0.05) is 24.7 Å². The Morgan fingerprint density at radius 2 is 2.03 bits per heavy atom. The highest BCUT2D eigenvalue weighted by Crippen LogP contribution is 2.41. The molecule has 1 saturated carbocycles. The van der Waals surface area contributed by atoms with Crippen LogP contribution >= 0.6 is 0 Å². The lowest BCUT2D eigenvalue weighted by molar-refractivity contribution is -0.118. The molecule has 2 aromatic rings. The monoisotopic (exact) mass is 398 g/mol. The average Bonchev–Trinajstić information content (AvgIpc) is 3.10. The number of carbonyl (C=O) groups excluding carboxylic acids is 2. The fourth-order valence-electron chi connectivity index (χ4n) is 3.76. The Morgan fingerprint density at radius 3 is 2.69 bits per heavy atom. The maximum Gasteiger partial charge on any atom is 0.408 e. The van der Waals surface area contributed by atoms with Crippen molar-refractivity contribution in [2.24, 2.45) is 0 Å². The lowest BCUT2D eigenvalue weighted by atomic mass is 9.76. The van der Waals surface area contributed by atoms with Crippen LogP contribution in [0.1, 0.15) is 57.8 Å². The number of fused-ring (bicyclic) bond motifs is 1. The minimum atomic E-state index is -0.648. The van der Waals surface area contributed by atoms with Crippen molar-refractivity contribution in [3.63, 3.8) is 0 Å². The molecule has 0 atom stereocenters. The Kier molecular flexibility index (Phi) is 4.59. The topological polar surface area (TPSA) is 97.6 Å². The van der Waals surface area contributed by atoms with Gasteiger partial charge in [-0.1, -0.05) is 5.16 Å². The summed E-state index contributed by atoms with van der Waals surface area (Å²) in [5.74, 6) is 0.986. The third-order valence-corrected chi connectivity index (χ3v) is 5.47. The van der Waals surface area contributed by atoms with Gasteiger partial charge in [0.05, 0.1) is 0 Å². The molecule has 0 bridgehead atoms. The van der Waals surface area contributed by atoms with Gasteiger partial charge < -0.3 is 19.5 Å². The van der Waals surface area contributed by atoms with E-state index in [0.29, 0.717) is 24.6 Å². The van der Waals surface area contributed by atoms with E-state index in [-0.39, 0.29) is 5.91 Å². The van der Waals surface area contributed by atoms with E-state index in [1.165, 1.54) is 0 Å². The molecule has 1 fully saturated rings. The van der Waals surface area contributed by atoms with Crippen molar-refractivity contribution < 1.29 is 18.8 Å². The van der Waals surface area contributed by atoms with E-state index in [1.807, 2.05) is 39.0 Å². The molecule has 2 aliphatic rings. The first kappa shape index (κ1) is 19.4. The predicted octanol–water partition coefficient (Wildman–Crippen LogP) is 3.55. The molecule has 0 unspecified atom stereocenters. The maximum atomic E-state index is 12.3. The number of aryl methyl sites for hydroxylation is 1. The Hall–Kier alpha value is -2.90. The highest BCUT2D eigenvalue weighted by Gasteiger charge is 2.45. The summed E-state index contributed by atoms with van der Waals surface area (Å²) in [5, 5.41) is 7.09. The summed E-state index contributed by atoms with van der Waals surface area (Å²) in [5.41, 5.74) is 1.57. The van der Waals surface area contributed by atoms with Crippen molar-refractivity contribution in [3.8, 4) is 11.5 Å². The van der Waals surface area contributed by atoms with Gasteiger partial charge in [-0.15, -0.1) is 0 Å². The molecule has 0 radical (unpaired) electrons. The quantitative estimate of drug-likeness (QED) is 0.849. The molecule has 4 rings (SSSR count). The van der Waals surface area contributed by atoms with Crippen LogP contribution < -0.4 is 10.2 Å². The molecule has 2 amide bonds. The molecule has 1 aromatic carbocycles. The fourth-order valence-corrected chi connectivity index (χ4v) is 3.76. The van der Waals surface area contributed by atoms with Crippen LogP contribution in [-0.4, -0.2) is 34.8 Å². The summed E-state index contributed by atoms with van der Waals surface area (Å²) < 4.78 is 10.9. The van der Waals surface area contributed by atoms with Crippen LogP contribution in [0.2, 0.25) is 0 Å². The van der Waals surface area contributed by atoms with Gasteiger partial charge in [0.25, 0.3) is 5.89 Å². The number of ether oxygens (including phenoxy) is 1. The highest BCUT2D eigenvalue weighted by atomic mass is 16.6. The van der Waals surface area contributed by atoms with Crippen LogP contribution in [0, 0.1) is 0 Å². The number of benzene rings is 1. The van der Waals surface area contributed by atoms with Crippen LogP contribution in [0.4, 0.5) is 10.5 Å². The minimum Gasteiger partial charge on any atom is -0.444 e. The summed E-state index contributed by atoms with van der Waals surface area (Å²) in [6, 6.07) is 5.77.